The Morgan fingerprint density at radius 3 is 2.52 bits per heavy atom. The minimum Gasteiger partial charge on any atom is -0.487 e. The largest absolute Gasteiger partial charge is 0.487 e. The molecule has 1 unspecified atom stereocenters. The molecule has 0 aromatic heterocycles. The third-order valence-electron chi connectivity index (χ3n) is 5.51. The van der Waals surface area contributed by atoms with E-state index < -0.39 is 0 Å². The first-order valence-electron chi connectivity index (χ1n) is 10.2. The average molecular weight is 378 g/mol. The lowest BCUT2D eigenvalue weighted by molar-refractivity contribution is -0.925. The van der Waals surface area contributed by atoms with Gasteiger partial charge in [-0.2, -0.15) is 0 Å². The van der Waals surface area contributed by atoms with Gasteiger partial charge in [0.15, 0.2) is 0 Å². The van der Waals surface area contributed by atoms with Crippen LogP contribution in [0.2, 0.25) is 0 Å². The third kappa shape index (κ3) is 8.57. The van der Waals surface area contributed by atoms with Crippen LogP contribution in [-0.4, -0.2) is 42.2 Å². The highest BCUT2D eigenvalue weighted by Gasteiger charge is 2.24. The SMILES string of the molecule is CC[N+](CC)(CCOc1cccc([N+](=O)[O-])c1)CCC(C)CCC=C(C)C. The molecule has 1 aromatic rings. The van der Waals surface area contributed by atoms with E-state index in [0.717, 1.165) is 37.1 Å². The van der Waals surface area contributed by atoms with Gasteiger partial charge in [-0.05, 0) is 58.9 Å². The Bertz CT molecular complexity index is 605. The van der Waals surface area contributed by atoms with Crippen molar-refractivity contribution in [2.75, 3.05) is 32.8 Å². The van der Waals surface area contributed by atoms with Crippen molar-refractivity contribution in [1.82, 2.24) is 0 Å². The van der Waals surface area contributed by atoms with Crippen LogP contribution in [0, 0.1) is 16.0 Å². The molecule has 152 valence electrons. The molecule has 1 aromatic carbocycles. The van der Waals surface area contributed by atoms with Crippen LogP contribution in [-0.2, 0) is 0 Å². The van der Waals surface area contributed by atoms with E-state index in [4.69, 9.17) is 4.74 Å². The minimum atomic E-state index is -0.387. The fourth-order valence-electron chi connectivity index (χ4n) is 3.31. The number of allylic oxidation sites excluding steroid dienone is 2. The Balaban J connectivity index is 2.52. The monoisotopic (exact) mass is 377 g/mol. The molecule has 1 rings (SSSR count). The number of nitrogens with zero attached hydrogens (tertiary/aromatic N) is 2. The Kier molecular flexibility index (Phi) is 10.1. The summed E-state index contributed by atoms with van der Waals surface area (Å²) in [4.78, 5) is 10.5. The van der Waals surface area contributed by atoms with Gasteiger partial charge in [-0.25, -0.2) is 0 Å². The molecule has 0 radical (unpaired) electrons. The molecule has 0 N–H and O–H groups in total. The summed E-state index contributed by atoms with van der Waals surface area (Å²) in [5.41, 5.74) is 1.47. The van der Waals surface area contributed by atoms with Gasteiger partial charge in [0, 0.05) is 6.07 Å². The quantitative estimate of drug-likeness (QED) is 0.194. The summed E-state index contributed by atoms with van der Waals surface area (Å²) in [7, 11) is 0. The topological polar surface area (TPSA) is 52.4 Å². The van der Waals surface area contributed by atoms with E-state index in [1.807, 2.05) is 0 Å². The second-order valence-electron chi connectivity index (χ2n) is 7.78. The first-order valence-corrected chi connectivity index (χ1v) is 10.2. The van der Waals surface area contributed by atoms with Crippen LogP contribution in [0.15, 0.2) is 35.9 Å². The van der Waals surface area contributed by atoms with Gasteiger partial charge < -0.3 is 9.22 Å². The lowest BCUT2D eigenvalue weighted by Gasteiger charge is -2.37. The smallest absolute Gasteiger partial charge is 0.273 e. The summed E-state index contributed by atoms with van der Waals surface area (Å²) in [6.07, 6.45) is 5.95. The summed E-state index contributed by atoms with van der Waals surface area (Å²) in [6.45, 7) is 16.0. The molecule has 27 heavy (non-hydrogen) atoms. The maximum atomic E-state index is 10.9. The van der Waals surface area contributed by atoms with Crippen LogP contribution in [0.3, 0.4) is 0 Å². The molecule has 0 heterocycles. The predicted molar refractivity (Wildman–Crippen MR) is 112 cm³/mol. The summed E-state index contributed by atoms with van der Waals surface area (Å²) >= 11 is 0. The summed E-state index contributed by atoms with van der Waals surface area (Å²) in [5, 5.41) is 10.9. The highest BCUT2D eigenvalue weighted by molar-refractivity contribution is 5.37. The number of ether oxygens (including phenoxy) is 1. The van der Waals surface area contributed by atoms with Gasteiger partial charge in [0.05, 0.1) is 30.6 Å². The normalized spacial score (nSPS) is 12.5. The van der Waals surface area contributed by atoms with Crippen LogP contribution in [0.5, 0.6) is 5.75 Å². The molecule has 0 spiro atoms. The maximum absolute atomic E-state index is 10.9. The number of nitro benzene ring substituents is 1. The molecular weight excluding hydrogens is 340 g/mol. The van der Waals surface area contributed by atoms with Crippen molar-refractivity contribution in [1.29, 1.82) is 0 Å². The maximum Gasteiger partial charge on any atom is 0.273 e. The number of nitro groups is 1. The molecule has 0 aliphatic rings. The average Bonchev–Trinajstić information content (AvgIpc) is 2.64. The van der Waals surface area contributed by atoms with E-state index in [9.17, 15) is 10.1 Å². The van der Waals surface area contributed by atoms with Gasteiger partial charge in [-0.15, -0.1) is 0 Å². The number of quaternary nitrogens is 1. The lowest BCUT2D eigenvalue weighted by Crippen LogP contribution is -2.51. The van der Waals surface area contributed by atoms with Crippen LogP contribution in [0.25, 0.3) is 0 Å². The van der Waals surface area contributed by atoms with Gasteiger partial charge >= 0.3 is 0 Å². The molecule has 0 fully saturated rings. The second-order valence-corrected chi connectivity index (χ2v) is 7.78. The Labute approximate surface area is 164 Å². The number of benzene rings is 1. The van der Waals surface area contributed by atoms with Crippen molar-refractivity contribution in [2.45, 2.75) is 53.9 Å². The number of hydrogen-bond acceptors (Lipinski definition) is 3. The zero-order valence-corrected chi connectivity index (χ0v) is 17.7. The van der Waals surface area contributed by atoms with Crippen molar-refractivity contribution in [3.63, 3.8) is 0 Å². The number of non-ortho nitro benzene ring substituents is 1. The standard InChI is InChI=1S/C22H37N2O3/c1-6-24(7-2,15-14-20(5)11-8-10-19(3)4)16-17-27-22-13-9-12-21(18-22)23(25)26/h9-10,12-13,18,20H,6-8,11,14-17H2,1-5H3/q+1. The fraction of sp³-hybridized carbons (Fsp3) is 0.636. The fourth-order valence-corrected chi connectivity index (χ4v) is 3.31. The molecule has 0 saturated carbocycles. The molecule has 5 heteroatoms. The predicted octanol–water partition coefficient (Wildman–Crippen LogP) is 5.60. The van der Waals surface area contributed by atoms with E-state index in [-0.39, 0.29) is 10.6 Å². The van der Waals surface area contributed by atoms with E-state index >= 15 is 0 Å². The Morgan fingerprint density at radius 1 is 1.22 bits per heavy atom. The third-order valence-corrected chi connectivity index (χ3v) is 5.51. The molecular formula is C22H37N2O3+. The number of hydrogen-bond donors (Lipinski definition) is 0. The molecule has 5 nitrogen and oxygen atoms in total. The zero-order valence-electron chi connectivity index (χ0n) is 17.7. The molecule has 0 aliphatic heterocycles. The zero-order chi connectivity index (χ0) is 20.3. The van der Waals surface area contributed by atoms with Crippen LogP contribution in [0.4, 0.5) is 5.69 Å². The van der Waals surface area contributed by atoms with Gasteiger partial charge in [-0.1, -0.05) is 24.6 Å². The van der Waals surface area contributed by atoms with Crippen LogP contribution < -0.4 is 4.74 Å². The van der Waals surface area contributed by atoms with E-state index in [1.54, 1.807) is 12.1 Å². The van der Waals surface area contributed by atoms with Crippen molar-refractivity contribution in [3.8, 4) is 5.75 Å². The van der Waals surface area contributed by atoms with Crippen molar-refractivity contribution in [3.05, 3.63) is 46.0 Å². The lowest BCUT2D eigenvalue weighted by atomic mass is 10.00. The summed E-state index contributed by atoms with van der Waals surface area (Å²) < 4.78 is 6.86. The highest BCUT2D eigenvalue weighted by Crippen LogP contribution is 2.20. The number of likely N-dealkylation sites (N-methyl/N-ethyl adjacent to an activating group) is 1. The van der Waals surface area contributed by atoms with Gasteiger partial charge in [0.25, 0.3) is 5.69 Å². The van der Waals surface area contributed by atoms with E-state index in [2.05, 4.69) is 40.7 Å². The Hall–Kier alpha value is -1.88. The molecule has 0 saturated heterocycles. The minimum absolute atomic E-state index is 0.0735. The van der Waals surface area contributed by atoms with Crippen molar-refractivity contribution in [2.24, 2.45) is 5.92 Å². The van der Waals surface area contributed by atoms with Crippen molar-refractivity contribution < 1.29 is 14.1 Å². The van der Waals surface area contributed by atoms with Crippen LogP contribution >= 0.6 is 0 Å². The first kappa shape index (κ1) is 23.2. The highest BCUT2D eigenvalue weighted by atomic mass is 16.6. The van der Waals surface area contributed by atoms with Crippen LogP contribution in [0.1, 0.15) is 53.9 Å². The number of rotatable bonds is 13. The van der Waals surface area contributed by atoms with Gasteiger partial charge in [-0.3, -0.25) is 10.1 Å². The Morgan fingerprint density at radius 2 is 1.93 bits per heavy atom. The van der Waals surface area contributed by atoms with Gasteiger partial charge in [0.1, 0.15) is 18.9 Å². The van der Waals surface area contributed by atoms with Gasteiger partial charge in [0.2, 0.25) is 0 Å². The van der Waals surface area contributed by atoms with Crippen molar-refractivity contribution >= 4 is 5.69 Å². The molecule has 0 aliphatic carbocycles. The summed E-state index contributed by atoms with van der Waals surface area (Å²) in [6, 6.07) is 6.44. The first-order chi connectivity index (χ1) is 12.8. The summed E-state index contributed by atoms with van der Waals surface area (Å²) in [5.74, 6) is 1.29. The molecule has 0 amide bonds. The molecule has 0 bridgehead atoms. The van der Waals surface area contributed by atoms with E-state index in [1.165, 1.54) is 30.5 Å². The second kappa shape index (κ2) is 11.8. The molecule has 1 atom stereocenters. The van der Waals surface area contributed by atoms with E-state index in [0.29, 0.717) is 18.3 Å².